The lowest BCUT2D eigenvalue weighted by Gasteiger charge is -2.31. The van der Waals surface area contributed by atoms with E-state index >= 15 is 0 Å². The molecule has 6 heteroatoms. The van der Waals surface area contributed by atoms with E-state index in [1.807, 2.05) is 0 Å². The van der Waals surface area contributed by atoms with Gasteiger partial charge in [-0.3, -0.25) is 4.79 Å². The van der Waals surface area contributed by atoms with E-state index in [4.69, 9.17) is 14.6 Å². The first kappa shape index (κ1) is 14.4. The second-order valence-electron chi connectivity index (χ2n) is 5.02. The number of hydrogen-bond acceptors (Lipinski definition) is 5. The van der Waals surface area contributed by atoms with Gasteiger partial charge < -0.3 is 24.6 Å². The molecule has 0 unspecified atom stereocenters. The van der Waals surface area contributed by atoms with Gasteiger partial charge in [-0.15, -0.1) is 0 Å². The number of aliphatic hydroxyl groups excluding tert-OH is 2. The van der Waals surface area contributed by atoms with Gasteiger partial charge in [-0.2, -0.15) is 0 Å². The molecular formula is C11H21NO5. The Morgan fingerprint density at radius 2 is 2.06 bits per heavy atom. The van der Waals surface area contributed by atoms with Gasteiger partial charge in [0.1, 0.15) is 0 Å². The highest BCUT2D eigenvalue weighted by Crippen LogP contribution is 2.35. The molecule has 1 rings (SSSR count). The maximum atomic E-state index is 12.1. The van der Waals surface area contributed by atoms with Gasteiger partial charge in [-0.25, -0.2) is 0 Å². The molecule has 0 aromatic carbocycles. The van der Waals surface area contributed by atoms with Crippen LogP contribution in [0.4, 0.5) is 0 Å². The third-order valence-electron chi connectivity index (χ3n) is 2.67. The van der Waals surface area contributed by atoms with Crippen LogP contribution in [-0.4, -0.2) is 65.8 Å². The van der Waals surface area contributed by atoms with Crippen molar-refractivity contribution < 1.29 is 24.5 Å². The van der Waals surface area contributed by atoms with Crippen molar-refractivity contribution in [2.45, 2.75) is 37.8 Å². The molecule has 1 fully saturated rings. The van der Waals surface area contributed by atoms with E-state index in [1.165, 1.54) is 4.90 Å². The number of amides is 1. The minimum atomic E-state index is -1.21. The molecule has 1 amide bonds. The third kappa shape index (κ3) is 3.16. The lowest BCUT2D eigenvalue weighted by atomic mass is 9.95. The number of nitrogens with zero attached hydrogens (tertiary/aromatic N) is 1. The molecule has 0 aromatic rings. The van der Waals surface area contributed by atoms with Crippen molar-refractivity contribution in [3.8, 4) is 0 Å². The van der Waals surface area contributed by atoms with Crippen molar-refractivity contribution in [1.29, 1.82) is 0 Å². The molecule has 1 saturated heterocycles. The smallest absolute Gasteiger partial charge is 0.256 e. The second kappa shape index (κ2) is 4.89. The zero-order chi connectivity index (χ0) is 13.3. The summed E-state index contributed by atoms with van der Waals surface area (Å²) in [4.78, 5) is 13.5. The molecule has 1 heterocycles. The molecule has 0 aliphatic carbocycles. The molecule has 0 radical (unpaired) electrons. The minimum absolute atomic E-state index is 0.0178. The molecule has 1 aliphatic heterocycles. The van der Waals surface area contributed by atoms with Crippen molar-refractivity contribution >= 4 is 5.91 Å². The lowest BCUT2D eigenvalue weighted by molar-refractivity contribution is -0.184. The second-order valence-corrected chi connectivity index (χ2v) is 5.02. The highest BCUT2D eigenvalue weighted by atomic mass is 16.8. The Hall–Kier alpha value is -0.690. The highest BCUT2D eigenvalue weighted by Gasteiger charge is 2.52. The Morgan fingerprint density at radius 1 is 1.47 bits per heavy atom. The van der Waals surface area contributed by atoms with Crippen LogP contribution in [0.1, 0.15) is 20.3 Å². The van der Waals surface area contributed by atoms with Crippen molar-refractivity contribution in [2.75, 3.05) is 27.3 Å². The Balaban J connectivity index is 2.91. The first-order chi connectivity index (χ1) is 7.72. The number of carbonyl (C=O) groups excluding carboxylic acids is 1. The molecule has 17 heavy (non-hydrogen) atoms. The van der Waals surface area contributed by atoms with Crippen molar-refractivity contribution in [2.24, 2.45) is 0 Å². The topological polar surface area (TPSA) is 79.2 Å². The predicted molar refractivity (Wildman–Crippen MR) is 60.3 cm³/mol. The maximum Gasteiger partial charge on any atom is 0.256 e. The summed E-state index contributed by atoms with van der Waals surface area (Å²) in [5.41, 5.74) is -1.21. The summed E-state index contributed by atoms with van der Waals surface area (Å²) in [6.07, 6.45) is -0.986. The summed E-state index contributed by atoms with van der Waals surface area (Å²) >= 11 is 0. The highest BCUT2D eigenvalue weighted by molar-refractivity contribution is 5.85. The molecule has 1 aliphatic rings. The quantitative estimate of drug-likeness (QED) is 0.689. The van der Waals surface area contributed by atoms with E-state index in [0.717, 1.165) is 0 Å². The maximum absolute atomic E-state index is 12.1. The molecule has 6 nitrogen and oxygen atoms in total. The van der Waals surface area contributed by atoms with E-state index in [-0.39, 0.29) is 18.9 Å². The number of carbonyl (C=O) groups is 1. The Kier molecular flexibility index (Phi) is 4.14. The first-order valence-corrected chi connectivity index (χ1v) is 5.57. The molecule has 2 N–H and O–H groups in total. The van der Waals surface area contributed by atoms with Crippen LogP contribution < -0.4 is 0 Å². The van der Waals surface area contributed by atoms with Gasteiger partial charge in [-0.1, -0.05) is 0 Å². The van der Waals surface area contributed by atoms with E-state index in [1.54, 1.807) is 27.9 Å². The van der Waals surface area contributed by atoms with Crippen LogP contribution in [0.15, 0.2) is 0 Å². The van der Waals surface area contributed by atoms with Crippen LogP contribution in [0.25, 0.3) is 0 Å². The third-order valence-corrected chi connectivity index (χ3v) is 2.67. The van der Waals surface area contributed by atoms with E-state index in [0.29, 0.717) is 0 Å². The van der Waals surface area contributed by atoms with Gasteiger partial charge in [-0.05, 0) is 13.8 Å². The lowest BCUT2D eigenvalue weighted by Crippen LogP contribution is -2.51. The molecule has 0 spiro atoms. The van der Waals surface area contributed by atoms with Crippen molar-refractivity contribution in [3.05, 3.63) is 0 Å². The fraction of sp³-hybridized carbons (Fsp3) is 0.909. The summed E-state index contributed by atoms with van der Waals surface area (Å²) < 4.78 is 11.1. The Morgan fingerprint density at radius 3 is 2.41 bits per heavy atom. The van der Waals surface area contributed by atoms with Gasteiger partial charge in [0.25, 0.3) is 5.91 Å². The zero-order valence-electron chi connectivity index (χ0n) is 10.8. The number of ether oxygens (including phenoxy) is 2. The normalized spacial score (nSPS) is 29.1. The fourth-order valence-corrected chi connectivity index (χ4v) is 1.97. The average Bonchev–Trinajstić information content (AvgIpc) is 2.54. The van der Waals surface area contributed by atoms with Gasteiger partial charge in [0, 0.05) is 20.5 Å². The summed E-state index contributed by atoms with van der Waals surface area (Å²) in [6.45, 7) is 3.09. The number of likely N-dealkylation sites (N-methyl/N-ethyl adjacent to an activating group) is 1. The summed E-state index contributed by atoms with van der Waals surface area (Å²) in [5.74, 6) is -1.13. The van der Waals surface area contributed by atoms with Crippen molar-refractivity contribution in [3.63, 3.8) is 0 Å². The molecule has 100 valence electrons. The van der Waals surface area contributed by atoms with E-state index in [9.17, 15) is 9.90 Å². The van der Waals surface area contributed by atoms with E-state index < -0.39 is 24.1 Å². The van der Waals surface area contributed by atoms with Crippen LogP contribution in [0.2, 0.25) is 0 Å². The van der Waals surface area contributed by atoms with Gasteiger partial charge >= 0.3 is 0 Å². The number of hydrogen-bond donors (Lipinski definition) is 2. The van der Waals surface area contributed by atoms with Gasteiger partial charge in [0.15, 0.2) is 11.4 Å². The standard InChI is InChI=1S/C11H21NO5/c1-10(2)16-7-11(17-10,5-8(14)6-13)9(15)12(3)4/h8,13-14H,5-7H2,1-4H3/t8-,11-/m0/s1. The fourth-order valence-electron chi connectivity index (χ4n) is 1.97. The molecule has 0 aromatic heterocycles. The summed E-state index contributed by atoms with van der Waals surface area (Å²) in [5, 5.41) is 18.4. The Labute approximate surface area is 101 Å². The monoisotopic (exact) mass is 247 g/mol. The van der Waals surface area contributed by atoms with E-state index in [2.05, 4.69) is 0 Å². The number of aliphatic hydroxyl groups is 2. The van der Waals surface area contributed by atoms with Gasteiger partial charge in [0.2, 0.25) is 0 Å². The molecular weight excluding hydrogens is 226 g/mol. The summed E-state index contributed by atoms with van der Waals surface area (Å²) in [6, 6.07) is 0. The van der Waals surface area contributed by atoms with Crippen LogP contribution in [-0.2, 0) is 14.3 Å². The number of rotatable bonds is 4. The van der Waals surface area contributed by atoms with Crippen LogP contribution in [0.5, 0.6) is 0 Å². The molecule has 0 bridgehead atoms. The predicted octanol–water partition coefficient (Wildman–Crippen LogP) is -0.660. The largest absolute Gasteiger partial charge is 0.394 e. The Bertz CT molecular complexity index is 292. The van der Waals surface area contributed by atoms with Crippen LogP contribution in [0, 0.1) is 0 Å². The minimum Gasteiger partial charge on any atom is -0.394 e. The average molecular weight is 247 g/mol. The first-order valence-electron chi connectivity index (χ1n) is 5.57. The van der Waals surface area contributed by atoms with Gasteiger partial charge in [0.05, 0.1) is 19.3 Å². The van der Waals surface area contributed by atoms with Crippen LogP contribution in [0.3, 0.4) is 0 Å². The van der Waals surface area contributed by atoms with Crippen LogP contribution >= 0.6 is 0 Å². The zero-order valence-corrected chi connectivity index (χ0v) is 10.8. The molecule has 2 atom stereocenters. The summed E-state index contributed by atoms with van der Waals surface area (Å²) in [7, 11) is 3.23. The molecule has 0 saturated carbocycles. The van der Waals surface area contributed by atoms with Crippen molar-refractivity contribution in [1.82, 2.24) is 4.90 Å². The SMILES string of the molecule is CN(C)C(=O)[C@]1(C[C@H](O)CO)COC(C)(C)O1.